The second-order valence-corrected chi connectivity index (χ2v) is 6.36. The number of carbonyl (C=O) groups is 1. The first-order valence-corrected chi connectivity index (χ1v) is 7.78. The summed E-state index contributed by atoms with van der Waals surface area (Å²) in [6, 6.07) is 0.516. The van der Waals surface area contributed by atoms with Crippen LogP contribution in [0.3, 0.4) is 0 Å². The van der Waals surface area contributed by atoms with Crippen molar-refractivity contribution in [3.8, 4) is 0 Å². The summed E-state index contributed by atoms with van der Waals surface area (Å²) in [5, 5.41) is 9.31. The van der Waals surface area contributed by atoms with Crippen LogP contribution in [0.25, 0.3) is 0 Å². The highest BCUT2D eigenvalue weighted by Gasteiger charge is 2.29. The minimum atomic E-state index is -0.123. The van der Waals surface area contributed by atoms with Crippen LogP contribution in [0.1, 0.15) is 40.0 Å². The summed E-state index contributed by atoms with van der Waals surface area (Å²) in [4.78, 5) is 15.5. The number of hydrogen-bond acceptors (Lipinski definition) is 4. The topological polar surface area (TPSA) is 53.0 Å². The highest BCUT2D eigenvalue weighted by atomic mass is 16.5. The third-order valence-corrected chi connectivity index (χ3v) is 4.52. The molecule has 0 aromatic carbocycles. The van der Waals surface area contributed by atoms with Crippen molar-refractivity contribution in [1.82, 2.24) is 9.80 Å². The quantitative estimate of drug-likeness (QED) is 0.786. The molecule has 116 valence electrons. The summed E-state index contributed by atoms with van der Waals surface area (Å²) in [6.07, 6.45) is 3.40. The predicted octanol–water partition coefficient (Wildman–Crippen LogP) is 0.857. The number of ether oxygens (including phenoxy) is 1. The van der Waals surface area contributed by atoms with Crippen molar-refractivity contribution in [2.45, 2.75) is 64.4 Å². The highest BCUT2D eigenvalue weighted by molar-refractivity contribution is 5.73. The Hall–Kier alpha value is -0.650. The van der Waals surface area contributed by atoms with Crippen molar-refractivity contribution in [3.05, 3.63) is 0 Å². The van der Waals surface area contributed by atoms with E-state index < -0.39 is 0 Å². The van der Waals surface area contributed by atoms with Crippen LogP contribution in [0.5, 0.6) is 0 Å². The van der Waals surface area contributed by atoms with Crippen LogP contribution in [-0.4, -0.2) is 71.3 Å². The van der Waals surface area contributed by atoms with Gasteiger partial charge < -0.3 is 14.7 Å². The fourth-order valence-electron chi connectivity index (χ4n) is 3.03. The predicted molar refractivity (Wildman–Crippen MR) is 77.5 cm³/mol. The van der Waals surface area contributed by atoms with Gasteiger partial charge in [-0.2, -0.15) is 0 Å². The smallest absolute Gasteiger partial charge is 0.219 e. The SMILES string of the molecule is CC(=O)N1CC[C@H](OC(C)CCC(C)N2CC(O)C2)C1. The van der Waals surface area contributed by atoms with E-state index >= 15 is 0 Å². The molecule has 1 amide bonds. The Labute approximate surface area is 121 Å². The lowest BCUT2D eigenvalue weighted by atomic mass is 10.0. The zero-order chi connectivity index (χ0) is 14.7. The van der Waals surface area contributed by atoms with Gasteiger partial charge in [-0.3, -0.25) is 9.69 Å². The molecule has 0 spiro atoms. The third-order valence-electron chi connectivity index (χ3n) is 4.52. The minimum absolute atomic E-state index is 0.123. The normalized spacial score (nSPS) is 27.4. The number of nitrogens with zero attached hydrogens (tertiary/aromatic N) is 2. The fraction of sp³-hybridized carbons (Fsp3) is 0.933. The highest BCUT2D eigenvalue weighted by Crippen LogP contribution is 2.19. The van der Waals surface area contributed by atoms with Crippen molar-refractivity contribution >= 4 is 5.91 Å². The van der Waals surface area contributed by atoms with Gasteiger partial charge in [0, 0.05) is 39.1 Å². The van der Waals surface area contributed by atoms with Crippen molar-refractivity contribution in [2.75, 3.05) is 26.2 Å². The van der Waals surface area contributed by atoms with Gasteiger partial charge in [-0.1, -0.05) is 0 Å². The number of amides is 1. The van der Waals surface area contributed by atoms with E-state index in [9.17, 15) is 9.90 Å². The lowest BCUT2D eigenvalue weighted by molar-refractivity contribution is -0.128. The number of likely N-dealkylation sites (tertiary alicyclic amines) is 2. The molecule has 5 nitrogen and oxygen atoms in total. The summed E-state index contributed by atoms with van der Waals surface area (Å²) < 4.78 is 6.03. The van der Waals surface area contributed by atoms with Crippen LogP contribution in [0.2, 0.25) is 0 Å². The van der Waals surface area contributed by atoms with Gasteiger partial charge in [0.25, 0.3) is 0 Å². The minimum Gasteiger partial charge on any atom is -0.390 e. The van der Waals surface area contributed by atoms with E-state index in [1.807, 2.05) is 4.90 Å². The number of aliphatic hydroxyl groups is 1. The Morgan fingerprint density at radius 1 is 1.30 bits per heavy atom. The van der Waals surface area contributed by atoms with Crippen LogP contribution in [-0.2, 0) is 9.53 Å². The first kappa shape index (κ1) is 15.7. The van der Waals surface area contributed by atoms with E-state index in [0.29, 0.717) is 6.04 Å². The third kappa shape index (κ3) is 4.17. The number of rotatable bonds is 6. The molecule has 0 aromatic rings. The Morgan fingerprint density at radius 2 is 2.00 bits per heavy atom. The zero-order valence-electron chi connectivity index (χ0n) is 12.9. The molecule has 2 rings (SSSR count). The fourth-order valence-corrected chi connectivity index (χ4v) is 3.03. The molecule has 2 saturated heterocycles. The van der Waals surface area contributed by atoms with Crippen LogP contribution in [0.15, 0.2) is 0 Å². The van der Waals surface area contributed by atoms with E-state index in [1.165, 1.54) is 0 Å². The molecule has 2 unspecified atom stereocenters. The second-order valence-electron chi connectivity index (χ2n) is 6.36. The van der Waals surface area contributed by atoms with Crippen LogP contribution in [0.4, 0.5) is 0 Å². The van der Waals surface area contributed by atoms with Gasteiger partial charge in [0.15, 0.2) is 0 Å². The summed E-state index contributed by atoms with van der Waals surface area (Å²) in [5.41, 5.74) is 0. The van der Waals surface area contributed by atoms with Gasteiger partial charge in [-0.25, -0.2) is 0 Å². The Morgan fingerprint density at radius 3 is 2.55 bits per heavy atom. The molecule has 5 heteroatoms. The number of β-amino-alcohol motifs (C(OH)–C–C–N with tert-alkyl or cyclic N) is 1. The Bertz CT molecular complexity index is 331. The lowest BCUT2D eigenvalue weighted by Gasteiger charge is -2.40. The molecule has 1 N–H and O–H groups in total. The molecule has 0 aromatic heterocycles. The molecule has 20 heavy (non-hydrogen) atoms. The van der Waals surface area contributed by atoms with Gasteiger partial charge in [0.2, 0.25) is 5.91 Å². The molecule has 3 atom stereocenters. The van der Waals surface area contributed by atoms with Gasteiger partial charge in [-0.05, 0) is 33.1 Å². The number of aliphatic hydroxyl groups excluding tert-OH is 1. The van der Waals surface area contributed by atoms with Gasteiger partial charge >= 0.3 is 0 Å². The molecule has 0 radical (unpaired) electrons. The standard InChI is InChI=1S/C15H28N2O3/c1-11(17-8-14(19)9-17)4-5-12(2)20-15-6-7-16(10-15)13(3)18/h11-12,14-15,19H,4-10H2,1-3H3/t11?,12?,15-/m0/s1. The number of hydrogen-bond donors (Lipinski definition) is 1. The molecule has 2 fully saturated rings. The number of carbonyl (C=O) groups excluding carboxylic acids is 1. The molecule has 0 bridgehead atoms. The molecule has 0 saturated carbocycles. The van der Waals surface area contributed by atoms with E-state index in [1.54, 1.807) is 6.92 Å². The molecule has 2 aliphatic heterocycles. The zero-order valence-corrected chi connectivity index (χ0v) is 12.9. The van der Waals surface area contributed by atoms with Crippen LogP contribution in [0, 0.1) is 0 Å². The molecular weight excluding hydrogens is 256 g/mol. The van der Waals surface area contributed by atoms with Crippen molar-refractivity contribution in [3.63, 3.8) is 0 Å². The monoisotopic (exact) mass is 284 g/mol. The average molecular weight is 284 g/mol. The largest absolute Gasteiger partial charge is 0.390 e. The molecule has 2 aliphatic rings. The molecule has 0 aliphatic carbocycles. The Kier molecular flexibility index (Phi) is 5.41. The van der Waals surface area contributed by atoms with E-state index in [-0.39, 0.29) is 24.2 Å². The molecule has 2 heterocycles. The first-order chi connectivity index (χ1) is 9.45. The lowest BCUT2D eigenvalue weighted by Crippen LogP contribution is -2.54. The van der Waals surface area contributed by atoms with Crippen LogP contribution < -0.4 is 0 Å². The maximum Gasteiger partial charge on any atom is 0.219 e. The summed E-state index contributed by atoms with van der Waals surface area (Å²) in [7, 11) is 0. The summed E-state index contributed by atoms with van der Waals surface area (Å²) >= 11 is 0. The van der Waals surface area contributed by atoms with Gasteiger partial charge in [0.1, 0.15) is 0 Å². The maximum atomic E-state index is 11.3. The van der Waals surface area contributed by atoms with Crippen LogP contribution >= 0.6 is 0 Å². The van der Waals surface area contributed by atoms with Gasteiger partial charge in [0.05, 0.1) is 18.3 Å². The van der Waals surface area contributed by atoms with Gasteiger partial charge in [-0.15, -0.1) is 0 Å². The van der Waals surface area contributed by atoms with E-state index in [2.05, 4.69) is 18.7 Å². The summed E-state index contributed by atoms with van der Waals surface area (Å²) in [5.74, 6) is 0.147. The molecular formula is C15H28N2O3. The van der Waals surface area contributed by atoms with Crippen molar-refractivity contribution in [2.24, 2.45) is 0 Å². The second kappa shape index (κ2) is 6.87. The first-order valence-electron chi connectivity index (χ1n) is 7.78. The average Bonchev–Trinajstić information content (AvgIpc) is 2.80. The van der Waals surface area contributed by atoms with E-state index in [4.69, 9.17) is 4.74 Å². The maximum absolute atomic E-state index is 11.3. The van der Waals surface area contributed by atoms with Crippen molar-refractivity contribution in [1.29, 1.82) is 0 Å². The van der Waals surface area contributed by atoms with E-state index in [0.717, 1.165) is 45.4 Å². The Balaban J connectivity index is 1.61. The summed E-state index contributed by atoms with van der Waals surface area (Å²) in [6.45, 7) is 9.15. The van der Waals surface area contributed by atoms with Crippen molar-refractivity contribution < 1.29 is 14.6 Å².